The highest BCUT2D eigenvalue weighted by molar-refractivity contribution is 6.33. The maximum atomic E-state index is 12.4. The maximum absolute atomic E-state index is 12.4. The summed E-state index contributed by atoms with van der Waals surface area (Å²) in [6.07, 6.45) is 1.65. The smallest absolute Gasteiger partial charge is 0.255 e. The molecule has 6 heteroatoms. The molecule has 2 fully saturated rings. The molecule has 5 nitrogen and oxygen atoms in total. The second kappa shape index (κ2) is 6.26. The van der Waals surface area contributed by atoms with E-state index in [1.807, 2.05) is 17.0 Å². The highest BCUT2D eigenvalue weighted by atomic mass is 35.5. The molecule has 0 aliphatic carbocycles. The van der Waals surface area contributed by atoms with Crippen LogP contribution in [0.4, 0.5) is 0 Å². The van der Waals surface area contributed by atoms with Gasteiger partial charge in [-0.2, -0.15) is 0 Å². The van der Waals surface area contributed by atoms with E-state index in [9.17, 15) is 9.59 Å². The average molecular weight is 322 g/mol. The fourth-order valence-electron chi connectivity index (χ4n) is 3.21. The minimum Gasteiger partial charge on any atom is -0.369 e. The zero-order valence-corrected chi connectivity index (χ0v) is 13.1. The number of likely N-dealkylation sites (tertiary alicyclic amines) is 2. The summed E-state index contributed by atoms with van der Waals surface area (Å²) in [5.41, 5.74) is 5.92. The van der Waals surface area contributed by atoms with E-state index in [0.717, 1.165) is 39.0 Å². The van der Waals surface area contributed by atoms with Crippen molar-refractivity contribution in [2.75, 3.05) is 26.2 Å². The highest BCUT2D eigenvalue weighted by Crippen LogP contribution is 2.25. The fraction of sp³-hybridized carbons (Fsp3) is 0.500. The third-order valence-corrected chi connectivity index (χ3v) is 5.03. The van der Waals surface area contributed by atoms with Gasteiger partial charge >= 0.3 is 0 Å². The van der Waals surface area contributed by atoms with Crippen LogP contribution in [-0.2, 0) is 4.79 Å². The Bertz CT molecular complexity index is 579. The lowest BCUT2D eigenvalue weighted by Crippen LogP contribution is -2.62. The molecule has 0 atom stereocenters. The van der Waals surface area contributed by atoms with Crippen molar-refractivity contribution in [1.82, 2.24) is 9.80 Å². The molecule has 0 bridgehead atoms. The molecular formula is C16H20ClN3O2. The summed E-state index contributed by atoms with van der Waals surface area (Å²) in [6, 6.07) is 7.53. The first-order valence-electron chi connectivity index (χ1n) is 7.63. The molecule has 2 aliphatic rings. The van der Waals surface area contributed by atoms with Gasteiger partial charge in [-0.25, -0.2) is 0 Å². The van der Waals surface area contributed by atoms with Crippen molar-refractivity contribution >= 4 is 23.4 Å². The molecule has 2 heterocycles. The molecule has 1 aromatic rings. The molecule has 2 aliphatic heterocycles. The lowest BCUT2D eigenvalue weighted by molar-refractivity contribution is -0.123. The molecule has 2 N–H and O–H groups in total. The van der Waals surface area contributed by atoms with Gasteiger partial charge in [-0.05, 0) is 38.1 Å². The standard InChI is InChI=1S/C16H20ClN3O2/c17-14-4-2-1-3-13(14)16(22)20-9-12(10-20)19-7-5-11(6-8-19)15(18)21/h1-4,11-12H,5-10H2,(H2,18,21). The van der Waals surface area contributed by atoms with Crippen LogP contribution >= 0.6 is 11.6 Å². The van der Waals surface area contributed by atoms with E-state index < -0.39 is 0 Å². The first-order valence-corrected chi connectivity index (χ1v) is 8.01. The SMILES string of the molecule is NC(=O)C1CCN(C2CN(C(=O)c3ccccc3Cl)C2)CC1. The van der Waals surface area contributed by atoms with Gasteiger partial charge in [0.15, 0.2) is 0 Å². The third-order valence-electron chi connectivity index (χ3n) is 4.70. The van der Waals surface area contributed by atoms with Gasteiger partial charge < -0.3 is 10.6 Å². The summed E-state index contributed by atoms with van der Waals surface area (Å²) in [5.74, 6) is -0.185. The molecule has 118 valence electrons. The van der Waals surface area contributed by atoms with E-state index >= 15 is 0 Å². The van der Waals surface area contributed by atoms with Crippen LogP contribution in [-0.4, -0.2) is 53.8 Å². The number of carbonyl (C=O) groups excluding carboxylic acids is 2. The molecule has 22 heavy (non-hydrogen) atoms. The maximum Gasteiger partial charge on any atom is 0.255 e. The Morgan fingerprint density at radius 2 is 1.77 bits per heavy atom. The van der Waals surface area contributed by atoms with Gasteiger partial charge in [0.2, 0.25) is 5.91 Å². The van der Waals surface area contributed by atoms with Crippen LogP contribution in [0.25, 0.3) is 0 Å². The molecule has 0 spiro atoms. The first-order chi connectivity index (χ1) is 10.6. The Morgan fingerprint density at radius 3 is 2.36 bits per heavy atom. The van der Waals surface area contributed by atoms with Crippen LogP contribution in [0.3, 0.4) is 0 Å². The summed E-state index contributed by atoms with van der Waals surface area (Å²) >= 11 is 6.07. The van der Waals surface area contributed by atoms with Gasteiger partial charge in [0.25, 0.3) is 5.91 Å². The molecular weight excluding hydrogens is 302 g/mol. The molecule has 0 saturated carbocycles. The van der Waals surface area contributed by atoms with Crippen LogP contribution in [0.2, 0.25) is 5.02 Å². The molecule has 0 aromatic heterocycles. The summed E-state index contributed by atoms with van der Waals surface area (Å²) in [4.78, 5) is 27.7. The van der Waals surface area contributed by atoms with Crippen molar-refractivity contribution in [2.45, 2.75) is 18.9 Å². The summed E-state index contributed by atoms with van der Waals surface area (Å²) in [7, 11) is 0. The fourth-order valence-corrected chi connectivity index (χ4v) is 3.42. The number of benzene rings is 1. The number of piperidine rings is 1. The largest absolute Gasteiger partial charge is 0.369 e. The zero-order chi connectivity index (χ0) is 15.7. The van der Waals surface area contributed by atoms with Crippen LogP contribution in [0, 0.1) is 5.92 Å². The number of halogens is 1. The molecule has 0 unspecified atom stereocenters. The van der Waals surface area contributed by atoms with Crippen molar-refractivity contribution in [3.63, 3.8) is 0 Å². The van der Waals surface area contributed by atoms with Gasteiger partial charge in [-0.1, -0.05) is 23.7 Å². The Balaban J connectivity index is 1.51. The number of carbonyl (C=O) groups is 2. The molecule has 2 saturated heterocycles. The van der Waals surface area contributed by atoms with Crippen molar-refractivity contribution in [2.24, 2.45) is 11.7 Å². The predicted molar refractivity (Wildman–Crippen MR) is 84.6 cm³/mol. The molecule has 0 radical (unpaired) electrons. The topological polar surface area (TPSA) is 66.6 Å². The number of primary amides is 1. The number of hydrogen-bond donors (Lipinski definition) is 1. The molecule has 1 aromatic carbocycles. The van der Waals surface area contributed by atoms with Crippen molar-refractivity contribution in [3.8, 4) is 0 Å². The minimum absolute atomic E-state index is 0.00567. The zero-order valence-electron chi connectivity index (χ0n) is 12.4. The van der Waals surface area contributed by atoms with Gasteiger partial charge in [-0.15, -0.1) is 0 Å². The van der Waals surface area contributed by atoms with Crippen LogP contribution < -0.4 is 5.73 Å². The van der Waals surface area contributed by atoms with Crippen LogP contribution in [0.15, 0.2) is 24.3 Å². The van der Waals surface area contributed by atoms with E-state index in [-0.39, 0.29) is 17.7 Å². The van der Waals surface area contributed by atoms with E-state index in [4.69, 9.17) is 17.3 Å². The second-order valence-electron chi connectivity index (χ2n) is 6.06. The van der Waals surface area contributed by atoms with Crippen LogP contribution in [0.1, 0.15) is 23.2 Å². The Labute approximate surface area is 135 Å². The molecule has 3 rings (SSSR count). The van der Waals surface area contributed by atoms with Gasteiger partial charge in [-0.3, -0.25) is 14.5 Å². The minimum atomic E-state index is -0.191. The Morgan fingerprint density at radius 1 is 1.14 bits per heavy atom. The average Bonchev–Trinajstić information content (AvgIpc) is 2.46. The van der Waals surface area contributed by atoms with E-state index in [1.54, 1.807) is 12.1 Å². The monoisotopic (exact) mass is 321 g/mol. The lowest BCUT2D eigenvalue weighted by atomic mass is 9.93. The Kier molecular flexibility index (Phi) is 4.36. The predicted octanol–water partition coefficient (Wildman–Crippen LogP) is 1.36. The summed E-state index contributed by atoms with van der Waals surface area (Å²) in [5, 5.41) is 0.498. The van der Waals surface area contributed by atoms with E-state index in [0.29, 0.717) is 16.6 Å². The molecule has 2 amide bonds. The van der Waals surface area contributed by atoms with Gasteiger partial charge in [0.1, 0.15) is 0 Å². The van der Waals surface area contributed by atoms with Crippen LogP contribution in [0.5, 0.6) is 0 Å². The number of rotatable bonds is 3. The summed E-state index contributed by atoms with van der Waals surface area (Å²) < 4.78 is 0. The van der Waals surface area contributed by atoms with Gasteiger partial charge in [0, 0.05) is 25.0 Å². The number of hydrogen-bond acceptors (Lipinski definition) is 3. The van der Waals surface area contributed by atoms with E-state index in [2.05, 4.69) is 4.90 Å². The van der Waals surface area contributed by atoms with E-state index in [1.165, 1.54) is 0 Å². The summed E-state index contributed by atoms with van der Waals surface area (Å²) in [6.45, 7) is 3.22. The van der Waals surface area contributed by atoms with Crippen molar-refractivity contribution in [1.29, 1.82) is 0 Å². The van der Waals surface area contributed by atoms with Crippen molar-refractivity contribution in [3.05, 3.63) is 34.9 Å². The first kappa shape index (κ1) is 15.3. The van der Waals surface area contributed by atoms with Crippen molar-refractivity contribution < 1.29 is 9.59 Å². The second-order valence-corrected chi connectivity index (χ2v) is 6.46. The lowest BCUT2D eigenvalue weighted by Gasteiger charge is -2.47. The number of amides is 2. The quantitative estimate of drug-likeness (QED) is 0.914. The number of nitrogens with zero attached hydrogens (tertiary/aromatic N) is 2. The van der Waals surface area contributed by atoms with Gasteiger partial charge in [0.05, 0.1) is 10.6 Å². The Hall–Kier alpha value is -1.59. The third kappa shape index (κ3) is 2.96. The number of nitrogens with two attached hydrogens (primary N) is 1. The normalized spacial score (nSPS) is 20.7. The highest BCUT2D eigenvalue weighted by Gasteiger charge is 2.37.